The molecular formula is C13H16N2O4. The molecule has 102 valence electrons. The van der Waals surface area contributed by atoms with Crippen LogP contribution in [0.1, 0.15) is 45.2 Å². The molecule has 19 heavy (non-hydrogen) atoms. The molecule has 2 rings (SSSR count). The predicted octanol–water partition coefficient (Wildman–Crippen LogP) is 3.46. The van der Waals surface area contributed by atoms with E-state index in [1.54, 1.807) is 0 Å². The molecule has 1 aromatic rings. The molecule has 0 heterocycles. The largest absolute Gasteiger partial charge is 0.346 e. The molecule has 0 saturated heterocycles. The predicted molar refractivity (Wildman–Crippen MR) is 70.4 cm³/mol. The van der Waals surface area contributed by atoms with Crippen molar-refractivity contribution in [2.45, 2.75) is 44.9 Å². The summed E-state index contributed by atoms with van der Waals surface area (Å²) in [5.41, 5.74) is 0.422. The van der Waals surface area contributed by atoms with Crippen molar-refractivity contribution in [3.05, 3.63) is 43.5 Å². The third-order valence-corrected chi connectivity index (χ3v) is 3.85. The van der Waals surface area contributed by atoms with Crippen LogP contribution in [0.2, 0.25) is 0 Å². The summed E-state index contributed by atoms with van der Waals surface area (Å²) in [5.74, 6) is 0. The van der Waals surface area contributed by atoms with Crippen molar-refractivity contribution < 1.29 is 9.85 Å². The van der Waals surface area contributed by atoms with Crippen molar-refractivity contribution in [2.75, 3.05) is 0 Å². The molecular weight excluding hydrogens is 248 g/mol. The van der Waals surface area contributed by atoms with Gasteiger partial charge in [0.15, 0.2) is 0 Å². The second-order valence-electron chi connectivity index (χ2n) is 6.35. The zero-order valence-corrected chi connectivity index (χ0v) is 11.4. The fraction of sp³-hybridized carbons (Fsp3) is 0.538. The molecule has 0 atom stereocenters. The van der Waals surface area contributed by atoms with Crippen molar-refractivity contribution >= 4 is 11.4 Å². The molecule has 0 spiro atoms. The van der Waals surface area contributed by atoms with Crippen LogP contribution < -0.4 is 0 Å². The third kappa shape index (κ3) is 1.97. The highest BCUT2D eigenvalue weighted by molar-refractivity contribution is 5.61. The van der Waals surface area contributed by atoms with Gasteiger partial charge in [0.05, 0.1) is 9.85 Å². The zero-order valence-electron chi connectivity index (χ0n) is 11.4. The van der Waals surface area contributed by atoms with Crippen LogP contribution in [0.3, 0.4) is 0 Å². The van der Waals surface area contributed by atoms with Crippen LogP contribution in [0.15, 0.2) is 12.1 Å². The first-order chi connectivity index (χ1) is 8.56. The molecule has 0 aliphatic heterocycles. The summed E-state index contributed by atoms with van der Waals surface area (Å²) in [7, 11) is 0. The van der Waals surface area contributed by atoms with Crippen LogP contribution in [0, 0.1) is 20.2 Å². The lowest BCUT2D eigenvalue weighted by Gasteiger charge is -2.22. The van der Waals surface area contributed by atoms with Gasteiger partial charge in [-0.3, -0.25) is 20.2 Å². The zero-order chi connectivity index (χ0) is 14.6. The van der Waals surface area contributed by atoms with E-state index in [1.807, 2.05) is 27.7 Å². The first kappa shape index (κ1) is 13.5. The summed E-state index contributed by atoms with van der Waals surface area (Å²) in [6, 6.07) is 2.75. The minimum Gasteiger partial charge on any atom is -0.258 e. The highest BCUT2D eigenvalue weighted by Crippen LogP contribution is 2.51. The molecule has 0 saturated carbocycles. The first-order valence-corrected chi connectivity index (χ1v) is 6.04. The molecule has 6 heteroatoms. The average Bonchev–Trinajstić information content (AvgIpc) is 2.42. The Hall–Kier alpha value is -1.98. The summed E-state index contributed by atoms with van der Waals surface area (Å²) < 4.78 is 0. The van der Waals surface area contributed by atoms with Crippen LogP contribution in [0.4, 0.5) is 11.4 Å². The first-order valence-electron chi connectivity index (χ1n) is 6.04. The molecule has 0 radical (unpaired) electrons. The van der Waals surface area contributed by atoms with E-state index in [0.29, 0.717) is 0 Å². The smallest absolute Gasteiger partial charge is 0.258 e. The maximum absolute atomic E-state index is 11.0. The standard InChI is InChI=1S/C13H16N2O4/c1-12(2)7-13(3,4)9-6-11(15(18)19)10(14(16)17)5-8(9)12/h5-6H,7H2,1-4H3. The maximum atomic E-state index is 11.0. The Morgan fingerprint density at radius 3 is 1.47 bits per heavy atom. The third-order valence-electron chi connectivity index (χ3n) is 3.85. The Kier molecular flexibility index (Phi) is 2.66. The molecule has 0 amide bonds. The number of rotatable bonds is 2. The Morgan fingerprint density at radius 1 is 0.895 bits per heavy atom. The van der Waals surface area contributed by atoms with Crippen molar-refractivity contribution in [1.82, 2.24) is 0 Å². The van der Waals surface area contributed by atoms with Crippen LogP contribution in [0.5, 0.6) is 0 Å². The lowest BCUT2D eigenvalue weighted by Crippen LogP contribution is -2.18. The van der Waals surface area contributed by atoms with Crippen molar-refractivity contribution in [3.8, 4) is 0 Å². The van der Waals surface area contributed by atoms with E-state index >= 15 is 0 Å². The Balaban J connectivity index is 2.79. The minimum absolute atomic E-state index is 0.210. The molecule has 0 bridgehead atoms. The van der Waals surface area contributed by atoms with Crippen LogP contribution in [-0.2, 0) is 10.8 Å². The summed E-state index contributed by atoms with van der Waals surface area (Å²) in [5, 5.41) is 22.0. The van der Waals surface area contributed by atoms with Gasteiger partial charge in [0.1, 0.15) is 0 Å². The fourth-order valence-electron chi connectivity index (χ4n) is 3.28. The topological polar surface area (TPSA) is 86.3 Å². The van der Waals surface area contributed by atoms with Crippen molar-refractivity contribution in [2.24, 2.45) is 0 Å². The summed E-state index contributed by atoms with van der Waals surface area (Å²) >= 11 is 0. The normalized spacial score (nSPS) is 18.9. The van der Waals surface area contributed by atoms with Crippen LogP contribution >= 0.6 is 0 Å². The van der Waals surface area contributed by atoms with Crippen molar-refractivity contribution in [1.29, 1.82) is 0 Å². The van der Waals surface area contributed by atoms with Crippen LogP contribution in [-0.4, -0.2) is 9.85 Å². The summed E-state index contributed by atoms with van der Waals surface area (Å²) in [6.45, 7) is 8.04. The number of hydrogen-bond donors (Lipinski definition) is 0. The number of nitrogens with zero attached hydrogens (tertiary/aromatic N) is 2. The van der Waals surface area contributed by atoms with E-state index in [1.165, 1.54) is 12.1 Å². The van der Waals surface area contributed by atoms with Gasteiger partial charge >= 0.3 is 11.4 Å². The fourth-order valence-corrected chi connectivity index (χ4v) is 3.28. The highest BCUT2D eigenvalue weighted by Gasteiger charge is 2.45. The van der Waals surface area contributed by atoms with E-state index in [-0.39, 0.29) is 10.8 Å². The lowest BCUT2D eigenvalue weighted by atomic mass is 9.82. The van der Waals surface area contributed by atoms with Gasteiger partial charge in [0.2, 0.25) is 0 Å². The SMILES string of the molecule is CC1(C)CC(C)(C)c2cc([N+](=O)[O-])c([N+](=O)[O-])cc21. The average molecular weight is 264 g/mol. The van der Waals surface area contributed by atoms with Gasteiger partial charge in [0, 0.05) is 12.1 Å². The number of nitro groups is 2. The van der Waals surface area contributed by atoms with E-state index in [4.69, 9.17) is 0 Å². The molecule has 0 fully saturated rings. The second-order valence-corrected chi connectivity index (χ2v) is 6.35. The molecule has 0 aromatic heterocycles. The Labute approximate surface area is 110 Å². The van der Waals surface area contributed by atoms with E-state index in [0.717, 1.165) is 17.5 Å². The van der Waals surface area contributed by atoms with Gasteiger partial charge in [-0.05, 0) is 28.4 Å². The van der Waals surface area contributed by atoms with Crippen LogP contribution in [0.25, 0.3) is 0 Å². The van der Waals surface area contributed by atoms with Gasteiger partial charge in [-0.25, -0.2) is 0 Å². The minimum atomic E-state index is -0.681. The summed E-state index contributed by atoms with van der Waals surface area (Å²) in [4.78, 5) is 20.6. The Bertz CT molecular complexity index is 540. The van der Waals surface area contributed by atoms with Gasteiger partial charge in [-0.1, -0.05) is 27.7 Å². The Morgan fingerprint density at radius 2 is 1.21 bits per heavy atom. The van der Waals surface area contributed by atoms with E-state index in [9.17, 15) is 20.2 Å². The lowest BCUT2D eigenvalue weighted by molar-refractivity contribution is -0.422. The second kappa shape index (κ2) is 3.76. The van der Waals surface area contributed by atoms with Gasteiger partial charge in [-0.15, -0.1) is 0 Å². The number of hydrogen-bond acceptors (Lipinski definition) is 4. The molecule has 1 aromatic carbocycles. The van der Waals surface area contributed by atoms with E-state index < -0.39 is 21.2 Å². The van der Waals surface area contributed by atoms with Gasteiger partial charge in [0.25, 0.3) is 0 Å². The maximum Gasteiger partial charge on any atom is 0.346 e. The molecule has 1 aliphatic rings. The summed E-state index contributed by atoms with van der Waals surface area (Å²) in [6.07, 6.45) is 0.813. The number of nitro benzene ring substituents is 2. The number of benzene rings is 1. The van der Waals surface area contributed by atoms with E-state index in [2.05, 4.69) is 0 Å². The van der Waals surface area contributed by atoms with Gasteiger partial charge < -0.3 is 0 Å². The molecule has 0 unspecified atom stereocenters. The number of fused-ring (bicyclic) bond motifs is 1. The monoisotopic (exact) mass is 264 g/mol. The molecule has 6 nitrogen and oxygen atoms in total. The molecule has 1 aliphatic carbocycles. The molecule has 0 N–H and O–H groups in total. The highest BCUT2D eigenvalue weighted by atomic mass is 16.6. The van der Waals surface area contributed by atoms with Gasteiger partial charge in [-0.2, -0.15) is 0 Å². The quantitative estimate of drug-likeness (QED) is 0.604. The van der Waals surface area contributed by atoms with Crippen molar-refractivity contribution in [3.63, 3.8) is 0 Å².